The summed E-state index contributed by atoms with van der Waals surface area (Å²) < 4.78 is 5.29. The lowest BCUT2D eigenvalue weighted by Crippen LogP contribution is -2.32. The maximum atomic E-state index is 11.7. The largest absolute Gasteiger partial charge is 0.484 e. The third-order valence-electron chi connectivity index (χ3n) is 3.23. The number of ether oxygens (including phenoxy) is 1. The molecular weight excluding hydrogens is 332 g/mol. The highest BCUT2D eigenvalue weighted by atomic mass is 35.5. The van der Waals surface area contributed by atoms with Crippen LogP contribution < -0.4 is 15.8 Å². The van der Waals surface area contributed by atoms with Crippen LogP contribution in [-0.4, -0.2) is 30.1 Å². The number of amides is 2. The number of carbonyl (C=O) groups excluding carboxylic acids is 2. The number of nitrogens with one attached hydrogen (secondary N) is 1. The first-order chi connectivity index (χ1) is 11.5. The molecule has 2 aromatic carbocycles. The Hall–Kier alpha value is -2.57. The van der Waals surface area contributed by atoms with Gasteiger partial charge in [-0.15, -0.1) is 0 Å². The molecule has 0 saturated heterocycles. The minimum Gasteiger partial charge on any atom is -0.484 e. The molecule has 0 bridgehead atoms. The van der Waals surface area contributed by atoms with Crippen molar-refractivity contribution in [1.82, 2.24) is 5.32 Å². The van der Waals surface area contributed by atoms with Crippen LogP contribution in [0.5, 0.6) is 5.75 Å². The van der Waals surface area contributed by atoms with E-state index in [1.54, 1.807) is 36.4 Å². The van der Waals surface area contributed by atoms with Crippen molar-refractivity contribution in [3.05, 3.63) is 64.7 Å². The molecule has 0 aromatic heterocycles. The maximum absolute atomic E-state index is 11.7. The third-order valence-corrected chi connectivity index (χ3v) is 3.47. The van der Waals surface area contributed by atoms with E-state index < -0.39 is 12.0 Å². The summed E-state index contributed by atoms with van der Waals surface area (Å²) >= 11 is 5.85. The monoisotopic (exact) mass is 348 g/mol. The topological polar surface area (TPSA) is 102 Å². The van der Waals surface area contributed by atoms with Crippen LogP contribution in [0.25, 0.3) is 0 Å². The van der Waals surface area contributed by atoms with Crippen LogP contribution in [-0.2, 0) is 4.79 Å². The first-order valence-corrected chi connectivity index (χ1v) is 7.56. The minimum atomic E-state index is -0.859. The summed E-state index contributed by atoms with van der Waals surface area (Å²) in [5.41, 5.74) is 6.11. The summed E-state index contributed by atoms with van der Waals surface area (Å²) in [5.74, 6) is -0.477. The van der Waals surface area contributed by atoms with Crippen LogP contribution >= 0.6 is 11.6 Å². The summed E-state index contributed by atoms with van der Waals surface area (Å²) in [5, 5.41) is 13.1. The smallest absolute Gasteiger partial charge is 0.258 e. The normalized spacial score (nSPS) is 11.6. The molecular formula is C17H17ClN2O4. The Balaban J connectivity index is 1.78. The van der Waals surface area contributed by atoms with E-state index in [1.807, 2.05) is 0 Å². The molecule has 2 aromatic rings. The van der Waals surface area contributed by atoms with E-state index in [0.717, 1.165) is 0 Å². The number of primary amides is 1. The lowest BCUT2D eigenvalue weighted by atomic mass is 10.1. The molecule has 0 aliphatic carbocycles. The summed E-state index contributed by atoms with van der Waals surface area (Å²) in [6, 6.07) is 12.9. The van der Waals surface area contributed by atoms with Crippen LogP contribution in [0.2, 0.25) is 5.02 Å². The van der Waals surface area contributed by atoms with Crippen molar-refractivity contribution in [2.45, 2.75) is 6.10 Å². The molecule has 2 rings (SSSR count). The van der Waals surface area contributed by atoms with Crippen molar-refractivity contribution < 1.29 is 19.4 Å². The third kappa shape index (κ3) is 5.26. The van der Waals surface area contributed by atoms with Crippen molar-refractivity contribution in [3.63, 3.8) is 0 Å². The molecule has 24 heavy (non-hydrogen) atoms. The molecule has 0 aliphatic rings. The maximum Gasteiger partial charge on any atom is 0.258 e. The highest BCUT2D eigenvalue weighted by Crippen LogP contribution is 2.17. The quantitative estimate of drug-likeness (QED) is 0.708. The van der Waals surface area contributed by atoms with E-state index >= 15 is 0 Å². The van der Waals surface area contributed by atoms with Gasteiger partial charge in [-0.25, -0.2) is 0 Å². The second-order valence-corrected chi connectivity index (χ2v) is 5.49. The number of hydrogen-bond acceptors (Lipinski definition) is 4. The van der Waals surface area contributed by atoms with E-state index in [9.17, 15) is 14.7 Å². The van der Waals surface area contributed by atoms with Crippen LogP contribution in [0, 0.1) is 0 Å². The average molecular weight is 349 g/mol. The zero-order valence-electron chi connectivity index (χ0n) is 12.7. The SMILES string of the molecule is NC(=O)c1ccc(OCC(=O)NCC(O)c2cccc(Cl)c2)cc1. The number of aliphatic hydroxyl groups excluding tert-OH is 1. The van der Waals surface area contributed by atoms with Crippen LogP contribution in [0.15, 0.2) is 48.5 Å². The Kier molecular flexibility index (Phi) is 6.17. The average Bonchev–Trinajstić information content (AvgIpc) is 2.58. The summed E-state index contributed by atoms with van der Waals surface area (Å²) in [6.07, 6.45) is -0.859. The summed E-state index contributed by atoms with van der Waals surface area (Å²) in [6.45, 7) is -0.165. The zero-order chi connectivity index (χ0) is 17.5. The molecule has 0 radical (unpaired) electrons. The fraction of sp³-hybridized carbons (Fsp3) is 0.176. The number of aliphatic hydroxyl groups is 1. The zero-order valence-corrected chi connectivity index (χ0v) is 13.5. The van der Waals surface area contributed by atoms with Gasteiger partial charge in [0.1, 0.15) is 5.75 Å². The number of nitrogens with two attached hydrogens (primary N) is 1. The van der Waals surface area contributed by atoms with Crippen molar-refractivity contribution in [2.24, 2.45) is 5.73 Å². The highest BCUT2D eigenvalue weighted by molar-refractivity contribution is 6.30. The van der Waals surface area contributed by atoms with Gasteiger partial charge < -0.3 is 20.9 Å². The summed E-state index contributed by atoms with van der Waals surface area (Å²) in [7, 11) is 0. The van der Waals surface area contributed by atoms with Gasteiger partial charge in [-0.2, -0.15) is 0 Å². The second kappa shape index (κ2) is 8.33. The van der Waals surface area contributed by atoms with Crippen LogP contribution in [0.4, 0.5) is 0 Å². The van der Waals surface area contributed by atoms with Crippen molar-refractivity contribution in [3.8, 4) is 5.75 Å². The van der Waals surface area contributed by atoms with E-state index in [-0.39, 0.29) is 19.1 Å². The van der Waals surface area contributed by atoms with Crippen molar-refractivity contribution in [1.29, 1.82) is 0 Å². The van der Waals surface area contributed by atoms with Gasteiger partial charge in [0.05, 0.1) is 6.10 Å². The Morgan fingerprint density at radius 3 is 2.54 bits per heavy atom. The predicted molar refractivity (Wildman–Crippen MR) is 89.9 cm³/mol. The van der Waals surface area contributed by atoms with Gasteiger partial charge >= 0.3 is 0 Å². The Morgan fingerprint density at radius 2 is 1.92 bits per heavy atom. The van der Waals surface area contributed by atoms with Crippen LogP contribution in [0.1, 0.15) is 22.0 Å². The molecule has 2 amide bonds. The number of carbonyl (C=O) groups is 2. The molecule has 0 fully saturated rings. The Labute approximate surface area is 144 Å². The molecule has 1 atom stereocenters. The van der Waals surface area contributed by atoms with Gasteiger partial charge in [-0.05, 0) is 42.0 Å². The van der Waals surface area contributed by atoms with Gasteiger partial charge in [0, 0.05) is 17.1 Å². The van der Waals surface area contributed by atoms with E-state index in [2.05, 4.69) is 5.32 Å². The lowest BCUT2D eigenvalue weighted by Gasteiger charge is -2.13. The van der Waals surface area contributed by atoms with Gasteiger partial charge in [0.15, 0.2) is 6.61 Å². The van der Waals surface area contributed by atoms with Gasteiger partial charge in [-0.1, -0.05) is 23.7 Å². The predicted octanol–water partition coefficient (Wildman–Crippen LogP) is 1.67. The lowest BCUT2D eigenvalue weighted by molar-refractivity contribution is -0.123. The van der Waals surface area contributed by atoms with Crippen molar-refractivity contribution >= 4 is 23.4 Å². The fourth-order valence-corrected chi connectivity index (χ4v) is 2.16. The van der Waals surface area contributed by atoms with E-state index in [0.29, 0.717) is 21.9 Å². The number of benzene rings is 2. The van der Waals surface area contributed by atoms with Crippen molar-refractivity contribution in [2.75, 3.05) is 13.2 Å². The number of halogens is 1. The number of hydrogen-bond donors (Lipinski definition) is 3. The molecule has 0 saturated carbocycles. The van der Waals surface area contributed by atoms with Crippen LogP contribution in [0.3, 0.4) is 0 Å². The first-order valence-electron chi connectivity index (χ1n) is 7.18. The highest BCUT2D eigenvalue weighted by Gasteiger charge is 2.10. The fourth-order valence-electron chi connectivity index (χ4n) is 1.96. The molecule has 0 heterocycles. The molecule has 0 aliphatic heterocycles. The van der Waals surface area contributed by atoms with Gasteiger partial charge in [0.2, 0.25) is 5.91 Å². The molecule has 4 N–H and O–H groups in total. The van der Waals surface area contributed by atoms with Gasteiger partial charge in [-0.3, -0.25) is 9.59 Å². The Bertz CT molecular complexity index is 719. The summed E-state index contributed by atoms with van der Waals surface area (Å²) in [4.78, 5) is 22.7. The molecule has 1 unspecified atom stereocenters. The van der Waals surface area contributed by atoms with E-state index in [4.69, 9.17) is 22.1 Å². The first kappa shape index (κ1) is 17.8. The Morgan fingerprint density at radius 1 is 1.21 bits per heavy atom. The molecule has 126 valence electrons. The minimum absolute atomic E-state index is 0.0448. The molecule has 6 nitrogen and oxygen atoms in total. The molecule has 0 spiro atoms. The standard InChI is InChI=1S/C17H17ClN2O4/c18-13-3-1-2-12(8-13)15(21)9-20-16(22)10-24-14-6-4-11(5-7-14)17(19)23/h1-8,15,21H,9-10H2,(H2,19,23)(H,20,22). The van der Waals surface area contributed by atoms with E-state index in [1.165, 1.54) is 12.1 Å². The number of rotatable bonds is 7. The second-order valence-electron chi connectivity index (χ2n) is 5.05. The van der Waals surface area contributed by atoms with Gasteiger partial charge in [0.25, 0.3) is 5.91 Å². The molecule has 7 heteroatoms.